The fraction of sp³-hybridized carbons (Fsp3) is 0.625. The number of rotatable bonds is 5. The molecule has 2 nitrogen and oxygen atoms in total. The first kappa shape index (κ1) is 13.3. The van der Waals surface area contributed by atoms with Crippen LogP contribution in [0, 0.1) is 0 Å². The molecule has 0 aromatic heterocycles. The average molecular weight is 276 g/mol. The van der Waals surface area contributed by atoms with E-state index in [4.69, 9.17) is 0 Å². The Bertz CT molecular complexity index is 400. The van der Waals surface area contributed by atoms with Gasteiger partial charge in [-0.1, -0.05) is 19.1 Å². The van der Waals surface area contributed by atoms with E-state index >= 15 is 0 Å². The molecule has 1 aromatic rings. The zero-order valence-electron chi connectivity index (χ0n) is 11.8. The minimum atomic E-state index is 0.795. The summed E-state index contributed by atoms with van der Waals surface area (Å²) < 4.78 is 0. The van der Waals surface area contributed by atoms with E-state index in [0.717, 1.165) is 17.8 Å². The Kier molecular flexibility index (Phi) is 4.34. The van der Waals surface area contributed by atoms with Gasteiger partial charge in [-0.2, -0.15) is 11.8 Å². The van der Waals surface area contributed by atoms with E-state index < -0.39 is 0 Å². The summed E-state index contributed by atoms with van der Waals surface area (Å²) in [5.74, 6) is 1.27. The first-order valence-electron chi connectivity index (χ1n) is 7.54. The molecule has 104 valence electrons. The van der Waals surface area contributed by atoms with Crippen LogP contribution in [0.5, 0.6) is 0 Å². The summed E-state index contributed by atoms with van der Waals surface area (Å²) in [7, 11) is 0. The van der Waals surface area contributed by atoms with Crippen molar-refractivity contribution in [2.24, 2.45) is 0 Å². The lowest BCUT2D eigenvalue weighted by molar-refractivity contribution is 0.687. The number of nitrogens with zero attached hydrogens (tertiary/aromatic N) is 1. The fourth-order valence-electron chi connectivity index (χ4n) is 2.58. The highest BCUT2D eigenvalue weighted by molar-refractivity contribution is 8.00. The van der Waals surface area contributed by atoms with Crippen molar-refractivity contribution in [3.8, 4) is 0 Å². The molecule has 1 aliphatic heterocycles. The molecule has 19 heavy (non-hydrogen) atoms. The number of hydrogen-bond donors (Lipinski definition) is 1. The van der Waals surface area contributed by atoms with Crippen molar-refractivity contribution in [2.75, 3.05) is 23.7 Å². The van der Waals surface area contributed by atoms with Gasteiger partial charge in [-0.05, 0) is 37.0 Å². The molecule has 3 heteroatoms. The SMILES string of the molecule is CCC1CN(c2ccc(CNC3CC3)cc2)CCS1. The quantitative estimate of drug-likeness (QED) is 0.888. The lowest BCUT2D eigenvalue weighted by Gasteiger charge is -2.33. The maximum atomic E-state index is 3.57. The van der Waals surface area contributed by atoms with E-state index in [2.05, 4.69) is 53.2 Å². The smallest absolute Gasteiger partial charge is 0.0367 e. The molecule has 1 heterocycles. The van der Waals surface area contributed by atoms with E-state index in [-0.39, 0.29) is 0 Å². The van der Waals surface area contributed by atoms with Crippen molar-refractivity contribution < 1.29 is 0 Å². The molecular weight excluding hydrogens is 252 g/mol. The van der Waals surface area contributed by atoms with Crippen molar-refractivity contribution in [1.29, 1.82) is 0 Å². The van der Waals surface area contributed by atoms with Crippen LogP contribution < -0.4 is 10.2 Å². The van der Waals surface area contributed by atoms with Crippen LogP contribution in [0.25, 0.3) is 0 Å². The van der Waals surface area contributed by atoms with E-state index in [1.165, 1.54) is 49.4 Å². The molecule has 2 aliphatic rings. The molecule has 0 radical (unpaired) electrons. The molecule has 1 atom stereocenters. The summed E-state index contributed by atoms with van der Waals surface area (Å²) in [4.78, 5) is 2.54. The third kappa shape index (κ3) is 3.67. The van der Waals surface area contributed by atoms with Crippen LogP contribution >= 0.6 is 11.8 Å². The summed E-state index contributed by atoms with van der Waals surface area (Å²) in [5, 5.41) is 4.38. The Morgan fingerprint density at radius 1 is 1.26 bits per heavy atom. The summed E-state index contributed by atoms with van der Waals surface area (Å²) in [5.41, 5.74) is 2.81. The molecule has 0 bridgehead atoms. The van der Waals surface area contributed by atoms with E-state index in [0.29, 0.717) is 0 Å². The van der Waals surface area contributed by atoms with Crippen LogP contribution in [0.15, 0.2) is 24.3 Å². The normalized spacial score (nSPS) is 23.6. The lowest BCUT2D eigenvalue weighted by Crippen LogP contribution is -2.37. The first-order valence-corrected chi connectivity index (χ1v) is 8.59. The third-order valence-corrected chi connectivity index (χ3v) is 5.44. The second-order valence-electron chi connectivity index (χ2n) is 5.67. The Labute approximate surface area is 121 Å². The summed E-state index contributed by atoms with van der Waals surface area (Å²) in [6.45, 7) is 5.73. The topological polar surface area (TPSA) is 15.3 Å². The molecule has 1 aromatic carbocycles. The summed E-state index contributed by atoms with van der Waals surface area (Å²) >= 11 is 2.13. The standard InChI is InChI=1S/C16H24N2S/c1-2-16-12-18(9-10-19-16)15-7-3-13(4-8-15)11-17-14-5-6-14/h3-4,7-8,14,16-17H,2,5-6,9-12H2,1H3. The van der Waals surface area contributed by atoms with Gasteiger partial charge in [-0.3, -0.25) is 0 Å². The van der Waals surface area contributed by atoms with Crippen LogP contribution in [0.4, 0.5) is 5.69 Å². The lowest BCUT2D eigenvalue weighted by atomic mass is 10.1. The van der Waals surface area contributed by atoms with Crippen molar-refractivity contribution in [3.63, 3.8) is 0 Å². The van der Waals surface area contributed by atoms with Crippen molar-refractivity contribution in [3.05, 3.63) is 29.8 Å². The van der Waals surface area contributed by atoms with Gasteiger partial charge in [0.05, 0.1) is 0 Å². The maximum Gasteiger partial charge on any atom is 0.0367 e. The molecule has 0 spiro atoms. The second kappa shape index (κ2) is 6.19. The zero-order chi connectivity index (χ0) is 13.1. The van der Waals surface area contributed by atoms with Gasteiger partial charge in [-0.15, -0.1) is 0 Å². The molecule has 1 aliphatic carbocycles. The summed E-state index contributed by atoms with van der Waals surface area (Å²) in [6.07, 6.45) is 4.01. The van der Waals surface area contributed by atoms with Gasteiger partial charge in [0.15, 0.2) is 0 Å². The fourth-order valence-corrected chi connectivity index (χ4v) is 3.76. The number of benzene rings is 1. The highest BCUT2D eigenvalue weighted by atomic mass is 32.2. The molecule has 2 fully saturated rings. The highest BCUT2D eigenvalue weighted by Gasteiger charge is 2.20. The average Bonchev–Trinajstić information content (AvgIpc) is 3.30. The largest absolute Gasteiger partial charge is 0.370 e. The van der Waals surface area contributed by atoms with Crippen LogP contribution in [0.1, 0.15) is 31.7 Å². The Balaban J connectivity index is 1.57. The minimum absolute atomic E-state index is 0.795. The first-order chi connectivity index (χ1) is 9.35. The predicted octanol–water partition coefficient (Wildman–Crippen LogP) is 3.27. The molecule has 0 amide bonds. The molecular formula is C16H24N2S. The second-order valence-corrected chi connectivity index (χ2v) is 7.08. The van der Waals surface area contributed by atoms with Crippen LogP contribution in [0.3, 0.4) is 0 Å². The van der Waals surface area contributed by atoms with Gasteiger partial charge in [0.25, 0.3) is 0 Å². The number of anilines is 1. The monoisotopic (exact) mass is 276 g/mol. The Hall–Kier alpha value is -0.670. The van der Waals surface area contributed by atoms with Gasteiger partial charge in [0, 0.05) is 42.4 Å². The van der Waals surface area contributed by atoms with Crippen molar-refractivity contribution in [2.45, 2.75) is 44.0 Å². The Morgan fingerprint density at radius 3 is 2.74 bits per heavy atom. The number of hydrogen-bond acceptors (Lipinski definition) is 3. The number of thioether (sulfide) groups is 1. The van der Waals surface area contributed by atoms with Gasteiger partial charge in [0.1, 0.15) is 0 Å². The highest BCUT2D eigenvalue weighted by Crippen LogP contribution is 2.26. The molecule has 1 saturated carbocycles. The molecule has 3 rings (SSSR count). The molecule has 1 saturated heterocycles. The van der Waals surface area contributed by atoms with Gasteiger partial charge in [0.2, 0.25) is 0 Å². The van der Waals surface area contributed by atoms with Gasteiger partial charge < -0.3 is 10.2 Å². The molecule has 1 unspecified atom stereocenters. The minimum Gasteiger partial charge on any atom is -0.370 e. The maximum absolute atomic E-state index is 3.57. The predicted molar refractivity (Wildman–Crippen MR) is 85.1 cm³/mol. The van der Waals surface area contributed by atoms with Crippen molar-refractivity contribution >= 4 is 17.4 Å². The van der Waals surface area contributed by atoms with Crippen LogP contribution in [0.2, 0.25) is 0 Å². The van der Waals surface area contributed by atoms with Gasteiger partial charge >= 0.3 is 0 Å². The Morgan fingerprint density at radius 2 is 2.05 bits per heavy atom. The number of nitrogens with one attached hydrogen (secondary N) is 1. The van der Waals surface area contributed by atoms with E-state index in [1.807, 2.05) is 0 Å². The zero-order valence-corrected chi connectivity index (χ0v) is 12.6. The van der Waals surface area contributed by atoms with E-state index in [9.17, 15) is 0 Å². The van der Waals surface area contributed by atoms with Crippen molar-refractivity contribution in [1.82, 2.24) is 5.32 Å². The van der Waals surface area contributed by atoms with Crippen LogP contribution in [-0.4, -0.2) is 30.1 Å². The van der Waals surface area contributed by atoms with Gasteiger partial charge in [-0.25, -0.2) is 0 Å². The molecule has 1 N–H and O–H groups in total. The third-order valence-electron chi connectivity index (χ3n) is 4.07. The van der Waals surface area contributed by atoms with Crippen LogP contribution in [-0.2, 0) is 6.54 Å². The summed E-state index contributed by atoms with van der Waals surface area (Å²) in [6, 6.07) is 9.96. The van der Waals surface area contributed by atoms with E-state index in [1.54, 1.807) is 0 Å².